The highest BCUT2D eigenvalue weighted by Crippen LogP contribution is 2.39. The molecule has 2 aromatic carbocycles. The minimum atomic E-state index is -1.73. The minimum Gasteiger partial charge on any atom is -0.508 e. The zero-order valence-corrected chi connectivity index (χ0v) is 15.7. The second-order valence-corrected chi connectivity index (χ2v) is 7.00. The molecular formula is C20H18O11. The molecule has 11 nitrogen and oxygen atoms in total. The maximum Gasteiger partial charge on any atom is 0.239 e. The number of aliphatic hydroxyl groups excluding tert-OH is 3. The molecule has 1 fully saturated rings. The van der Waals surface area contributed by atoms with E-state index in [1.165, 1.54) is 6.07 Å². The average molecular weight is 434 g/mol. The van der Waals surface area contributed by atoms with Crippen molar-refractivity contribution in [3.05, 3.63) is 40.6 Å². The molecule has 164 valence electrons. The van der Waals surface area contributed by atoms with Gasteiger partial charge in [-0.15, -0.1) is 0 Å². The van der Waals surface area contributed by atoms with E-state index in [0.717, 1.165) is 24.3 Å². The van der Waals surface area contributed by atoms with Crippen molar-refractivity contribution in [2.75, 3.05) is 6.61 Å². The molecule has 1 aliphatic rings. The Morgan fingerprint density at radius 1 is 0.903 bits per heavy atom. The van der Waals surface area contributed by atoms with E-state index in [1.54, 1.807) is 0 Å². The Balaban J connectivity index is 1.92. The fourth-order valence-electron chi connectivity index (χ4n) is 3.23. The lowest BCUT2D eigenvalue weighted by molar-refractivity contribution is -0.242. The molecular weight excluding hydrogens is 416 g/mol. The number of hydrogen-bond donors (Lipinski definition) is 7. The van der Waals surface area contributed by atoms with E-state index < -0.39 is 59.6 Å². The number of benzene rings is 2. The quantitative estimate of drug-likeness (QED) is 0.277. The van der Waals surface area contributed by atoms with Crippen LogP contribution in [0.15, 0.2) is 39.5 Å². The molecule has 4 atom stereocenters. The van der Waals surface area contributed by atoms with Crippen molar-refractivity contribution in [2.24, 2.45) is 0 Å². The lowest BCUT2D eigenvalue weighted by Gasteiger charge is -2.34. The molecule has 1 unspecified atom stereocenters. The van der Waals surface area contributed by atoms with E-state index in [4.69, 9.17) is 13.9 Å². The van der Waals surface area contributed by atoms with E-state index in [0.29, 0.717) is 0 Å². The van der Waals surface area contributed by atoms with Crippen molar-refractivity contribution in [2.45, 2.75) is 24.6 Å². The van der Waals surface area contributed by atoms with Crippen LogP contribution < -0.4 is 10.2 Å². The Hall–Kier alpha value is -3.51. The van der Waals surface area contributed by atoms with Crippen LogP contribution in [0.5, 0.6) is 28.7 Å². The van der Waals surface area contributed by atoms with Crippen LogP contribution in [0.2, 0.25) is 0 Å². The maximum absolute atomic E-state index is 13.1. The lowest BCUT2D eigenvalue weighted by atomic mass is 10.1. The molecule has 0 bridgehead atoms. The molecule has 0 aliphatic carbocycles. The predicted octanol–water partition coefficient (Wildman–Crippen LogP) is 0.100. The first-order chi connectivity index (χ1) is 14.7. The SMILES string of the molecule is O=c1c(OC2OC[C@H](O)[C@H](O)[C@H]2O)c(-c2ccc(O)c(O)c2)oc2cc(O)cc(O)c12. The van der Waals surface area contributed by atoms with Crippen LogP contribution >= 0.6 is 0 Å². The number of phenols is 4. The van der Waals surface area contributed by atoms with Gasteiger partial charge in [0, 0.05) is 17.7 Å². The van der Waals surface area contributed by atoms with Gasteiger partial charge < -0.3 is 49.6 Å². The molecule has 31 heavy (non-hydrogen) atoms. The normalized spacial score (nSPS) is 23.7. The van der Waals surface area contributed by atoms with Crippen LogP contribution in [0.1, 0.15) is 0 Å². The van der Waals surface area contributed by atoms with Gasteiger partial charge in [0.05, 0.1) is 6.61 Å². The lowest BCUT2D eigenvalue weighted by Crippen LogP contribution is -2.55. The summed E-state index contributed by atoms with van der Waals surface area (Å²) in [7, 11) is 0. The van der Waals surface area contributed by atoms with E-state index >= 15 is 0 Å². The van der Waals surface area contributed by atoms with Gasteiger partial charge in [-0.05, 0) is 18.2 Å². The highest BCUT2D eigenvalue weighted by atomic mass is 16.7. The monoisotopic (exact) mass is 434 g/mol. The van der Waals surface area contributed by atoms with Crippen molar-refractivity contribution in [1.82, 2.24) is 0 Å². The summed E-state index contributed by atoms with van der Waals surface area (Å²) in [6.07, 6.45) is -6.29. The molecule has 0 amide bonds. The molecule has 4 rings (SSSR count). The van der Waals surface area contributed by atoms with Gasteiger partial charge in [-0.1, -0.05) is 0 Å². The van der Waals surface area contributed by atoms with Crippen LogP contribution in [0, 0.1) is 0 Å². The number of hydrogen-bond acceptors (Lipinski definition) is 11. The minimum absolute atomic E-state index is 0.0676. The predicted molar refractivity (Wildman–Crippen MR) is 103 cm³/mol. The number of aliphatic hydroxyl groups is 3. The second-order valence-electron chi connectivity index (χ2n) is 7.00. The van der Waals surface area contributed by atoms with Crippen LogP contribution in [0.3, 0.4) is 0 Å². The van der Waals surface area contributed by atoms with Gasteiger partial charge in [-0.3, -0.25) is 4.79 Å². The van der Waals surface area contributed by atoms with Crippen LogP contribution in [0.25, 0.3) is 22.3 Å². The van der Waals surface area contributed by atoms with Gasteiger partial charge in [-0.2, -0.15) is 0 Å². The summed E-state index contributed by atoms with van der Waals surface area (Å²) < 4.78 is 16.3. The smallest absolute Gasteiger partial charge is 0.239 e. The Labute approximate surface area is 173 Å². The second kappa shape index (κ2) is 7.63. The summed E-state index contributed by atoms with van der Waals surface area (Å²) in [4.78, 5) is 13.1. The van der Waals surface area contributed by atoms with E-state index in [1.807, 2.05) is 0 Å². The highest BCUT2D eigenvalue weighted by Gasteiger charge is 2.40. The fraction of sp³-hybridized carbons (Fsp3) is 0.250. The Bertz CT molecular complexity index is 1200. The first-order valence-corrected chi connectivity index (χ1v) is 9.05. The van der Waals surface area contributed by atoms with Crippen molar-refractivity contribution < 1.29 is 49.6 Å². The van der Waals surface area contributed by atoms with E-state index in [2.05, 4.69) is 0 Å². The number of phenolic OH excluding ortho intramolecular Hbond substituents is 4. The summed E-state index contributed by atoms with van der Waals surface area (Å²) in [5.74, 6) is -2.79. The zero-order valence-electron chi connectivity index (χ0n) is 15.7. The molecule has 0 saturated carbocycles. The Morgan fingerprint density at radius 3 is 2.35 bits per heavy atom. The van der Waals surface area contributed by atoms with Gasteiger partial charge in [0.2, 0.25) is 17.5 Å². The first-order valence-electron chi connectivity index (χ1n) is 9.05. The summed E-state index contributed by atoms with van der Waals surface area (Å²) in [5.41, 5.74) is -1.05. The molecule has 0 spiro atoms. The largest absolute Gasteiger partial charge is 0.508 e. The molecule has 11 heteroatoms. The third-order valence-corrected chi connectivity index (χ3v) is 4.84. The van der Waals surface area contributed by atoms with E-state index in [9.17, 15) is 40.5 Å². The molecule has 1 aromatic heterocycles. The topological polar surface area (TPSA) is 190 Å². The number of rotatable bonds is 3. The van der Waals surface area contributed by atoms with Gasteiger partial charge in [0.25, 0.3) is 0 Å². The zero-order chi connectivity index (χ0) is 22.4. The summed E-state index contributed by atoms with van der Waals surface area (Å²) >= 11 is 0. The van der Waals surface area contributed by atoms with Gasteiger partial charge in [0.1, 0.15) is 40.8 Å². The summed E-state index contributed by atoms with van der Waals surface area (Å²) in [5, 5.41) is 68.6. The third-order valence-electron chi connectivity index (χ3n) is 4.84. The van der Waals surface area contributed by atoms with Crippen molar-refractivity contribution in [3.63, 3.8) is 0 Å². The number of fused-ring (bicyclic) bond motifs is 1. The van der Waals surface area contributed by atoms with Gasteiger partial charge >= 0.3 is 0 Å². The van der Waals surface area contributed by atoms with Crippen LogP contribution in [-0.4, -0.2) is 67.0 Å². The maximum atomic E-state index is 13.1. The highest BCUT2D eigenvalue weighted by molar-refractivity contribution is 5.88. The summed E-state index contributed by atoms with van der Waals surface area (Å²) in [6, 6.07) is 5.50. The molecule has 1 saturated heterocycles. The molecule has 3 aromatic rings. The van der Waals surface area contributed by atoms with Crippen molar-refractivity contribution in [1.29, 1.82) is 0 Å². The molecule has 0 radical (unpaired) electrons. The first kappa shape index (κ1) is 20.8. The van der Waals surface area contributed by atoms with Gasteiger partial charge in [-0.25, -0.2) is 0 Å². The fourth-order valence-corrected chi connectivity index (χ4v) is 3.23. The van der Waals surface area contributed by atoms with Gasteiger partial charge in [0.15, 0.2) is 17.3 Å². The van der Waals surface area contributed by atoms with Crippen molar-refractivity contribution >= 4 is 11.0 Å². The Morgan fingerprint density at radius 2 is 1.65 bits per heavy atom. The van der Waals surface area contributed by atoms with E-state index in [-0.39, 0.29) is 28.0 Å². The van der Waals surface area contributed by atoms with Crippen LogP contribution in [-0.2, 0) is 4.74 Å². The summed E-state index contributed by atoms with van der Waals surface area (Å²) in [6.45, 7) is -0.393. The Kier molecular flexibility index (Phi) is 5.11. The molecule has 1 aliphatic heterocycles. The average Bonchev–Trinajstić information content (AvgIpc) is 2.71. The standard InChI is InChI=1S/C20H18O11/c21-8-4-11(24)14-13(5-8)30-18(7-1-2-9(22)10(23)3-7)19(16(14)27)31-20-17(28)15(26)12(25)6-29-20/h1-5,12,15,17,20-26,28H,6H2/t12-,15-,17+,20?/m0/s1. The van der Waals surface area contributed by atoms with Crippen LogP contribution in [0.4, 0.5) is 0 Å². The van der Waals surface area contributed by atoms with Crippen molar-refractivity contribution in [3.8, 4) is 40.1 Å². The molecule has 2 heterocycles. The number of ether oxygens (including phenoxy) is 2. The third kappa shape index (κ3) is 3.59. The number of aromatic hydroxyl groups is 4. The molecule has 7 N–H and O–H groups in total.